The van der Waals surface area contributed by atoms with Crippen molar-refractivity contribution in [3.8, 4) is 0 Å². The van der Waals surface area contributed by atoms with E-state index < -0.39 is 28.5 Å². The van der Waals surface area contributed by atoms with Crippen molar-refractivity contribution >= 4 is 39.1 Å². The number of anilines is 1. The molecule has 7 nitrogen and oxygen atoms in total. The highest BCUT2D eigenvalue weighted by Crippen LogP contribution is 2.25. The van der Waals surface area contributed by atoms with Gasteiger partial charge in [-0.1, -0.05) is 86.1 Å². The normalized spacial score (nSPS) is 12.8. The Morgan fingerprint density at radius 3 is 2.12 bits per heavy atom. The lowest BCUT2D eigenvalue weighted by atomic mass is 10.0. The summed E-state index contributed by atoms with van der Waals surface area (Å²) in [4.78, 5) is 29.3. The van der Waals surface area contributed by atoms with E-state index >= 15 is 0 Å². The van der Waals surface area contributed by atoms with E-state index in [2.05, 4.69) is 5.32 Å². The van der Waals surface area contributed by atoms with Crippen LogP contribution in [0.4, 0.5) is 5.69 Å². The van der Waals surface area contributed by atoms with Crippen LogP contribution in [0.2, 0.25) is 5.02 Å². The number of para-hydroxylation sites is 1. The fourth-order valence-electron chi connectivity index (χ4n) is 4.43. The van der Waals surface area contributed by atoms with Gasteiger partial charge < -0.3 is 10.2 Å². The summed E-state index contributed by atoms with van der Waals surface area (Å²) in [5.74, 6) is -0.771. The second kappa shape index (κ2) is 14.3. The molecule has 0 spiro atoms. The fraction of sp³-hybridized carbons (Fsp3) is 0.355. The van der Waals surface area contributed by atoms with Crippen molar-refractivity contribution in [2.75, 3.05) is 17.1 Å². The van der Waals surface area contributed by atoms with Crippen molar-refractivity contribution in [1.29, 1.82) is 0 Å². The van der Waals surface area contributed by atoms with Crippen LogP contribution in [0.3, 0.4) is 0 Å². The van der Waals surface area contributed by atoms with Gasteiger partial charge in [-0.05, 0) is 54.7 Å². The molecule has 0 aromatic heterocycles. The molecule has 0 radical (unpaired) electrons. The first kappa shape index (κ1) is 31.2. The van der Waals surface area contributed by atoms with Crippen molar-refractivity contribution < 1.29 is 18.0 Å². The maximum atomic E-state index is 14.1. The molecule has 2 amide bonds. The first-order valence-electron chi connectivity index (χ1n) is 13.5. The smallest absolute Gasteiger partial charge is 0.244 e. The Labute approximate surface area is 243 Å². The van der Waals surface area contributed by atoms with Crippen molar-refractivity contribution in [3.63, 3.8) is 0 Å². The third kappa shape index (κ3) is 8.57. The van der Waals surface area contributed by atoms with E-state index in [1.54, 1.807) is 36.4 Å². The monoisotopic (exact) mass is 583 g/mol. The van der Waals surface area contributed by atoms with Crippen molar-refractivity contribution in [2.45, 2.75) is 58.7 Å². The molecule has 0 aliphatic heterocycles. The molecular weight excluding hydrogens is 546 g/mol. The third-order valence-corrected chi connectivity index (χ3v) is 8.24. The number of hydrogen-bond acceptors (Lipinski definition) is 4. The molecule has 0 fully saturated rings. The van der Waals surface area contributed by atoms with Gasteiger partial charge in [0, 0.05) is 24.0 Å². The maximum Gasteiger partial charge on any atom is 0.244 e. The van der Waals surface area contributed by atoms with E-state index in [1.165, 1.54) is 4.90 Å². The van der Waals surface area contributed by atoms with Crippen LogP contribution < -0.4 is 9.62 Å². The molecule has 0 unspecified atom stereocenters. The molecule has 0 bridgehead atoms. The van der Waals surface area contributed by atoms with Crippen LogP contribution in [-0.4, -0.2) is 50.0 Å². The van der Waals surface area contributed by atoms with Crippen molar-refractivity contribution in [2.24, 2.45) is 0 Å². The Balaban J connectivity index is 2.07. The lowest BCUT2D eigenvalue weighted by Crippen LogP contribution is -2.54. The Hall–Kier alpha value is -3.36. The Kier molecular flexibility index (Phi) is 11.2. The van der Waals surface area contributed by atoms with E-state index in [0.717, 1.165) is 33.7 Å². The maximum absolute atomic E-state index is 14.1. The number of aryl methyl sites for hydroxylation is 1. The van der Waals surface area contributed by atoms with Gasteiger partial charge in [-0.25, -0.2) is 8.42 Å². The predicted octanol–water partition coefficient (Wildman–Crippen LogP) is 5.22. The summed E-state index contributed by atoms with van der Waals surface area (Å²) < 4.78 is 27.1. The van der Waals surface area contributed by atoms with Crippen LogP contribution in [0.15, 0.2) is 78.9 Å². The van der Waals surface area contributed by atoms with Crippen LogP contribution in [0.1, 0.15) is 43.9 Å². The molecule has 2 atom stereocenters. The van der Waals surface area contributed by atoms with E-state index in [-0.39, 0.29) is 24.9 Å². The quantitative estimate of drug-likeness (QED) is 0.299. The molecule has 9 heteroatoms. The first-order valence-corrected chi connectivity index (χ1v) is 15.7. The van der Waals surface area contributed by atoms with Gasteiger partial charge in [0.05, 0.1) is 11.9 Å². The number of carbonyl (C=O) groups excluding carboxylic acids is 2. The van der Waals surface area contributed by atoms with Crippen LogP contribution in [0, 0.1) is 0 Å². The van der Waals surface area contributed by atoms with Crippen LogP contribution in [-0.2, 0) is 39.0 Å². The van der Waals surface area contributed by atoms with Gasteiger partial charge in [0.15, 0.2) is 0 Å². The van der Waals surface area contributed by atoms with Crippen LogP contribution >= 0.6 is 11.6 Å². The highest BCUT2D eigenvalue weighted by molar-refractivity contribution is 7.92. The summed E-state index contributed by atoms with van der Waals surface area (Å²) in [6.45, 7) is 5.49. The molecule has 3 rings (SSSR count). The molecule has 3 aromatic carbocycles. The van der Waals surface area contributed by atoms with E-state index in [1.807, 2.05) is 63.2 Å². The Morgan fingerprint density at radius 1 is 0.900 bits per heavy atom. The van der Waals surface area contributed by atoms with E-state index in [4.69, 9.17) is 11.6 Å². The van der Waals surface area contributed by atoms with Gasteiger partial charge in [-0.15, -0.1) is 0 Å². The number of rotatable bonds is 13. The summed E-state index contributed by atoms with van der Waals surface area (Å²) in [6.07, 6.45) is 2.68. The van der Waals surface area contributed by atoms with E-state index in [9.17, 15) is 18.0 Å². The number of halogens is 1. The number of nitrogens with zero attached hydrogens (tertiary/aromatic N) is 2. The molecule has 40 heavy (non-hydrogen) atoms. The van der Waals surface area contributed by atoms with Crippen molar-refractivity contribution in [1.82, 2.24) is 10.2 Å². The topological polar surface area (TPSA) is 86.8 Å². The minimum absolute atomic E-state index is 0.0952. The number of carbonyl (C=O) groups is 2. The first-order chi connectivity index (χ1) is 19.0. The van der Waals surface area contributed by atoms with Gasteiger partial charge in [-0.2, -0.15) is 0 Å². The minimum atomic E-state index is -3.82. The molecule has 3 aromatic rings. The number of nitrogens with one attached hydrogen (secondary N) is 1. The van der Waals surface area contributed by atoms with Gasteiger partial charge in [0.2, 0.25) is 21.8 Å². The summed E-state index contributed by atoms with van der Waals surface area (Å²) in [5.41, 5.74) is 2.92. The molecule has 0 heterocycles. The third-order valence-electron chi connectivity index (χ3n) is 6.86. The van der Waals surface area contributed by atoms with E-state index in [0.29, 0.717) is 17.1 Å². The summed E-state index contributed by atoms with van der Waals surface area (Å²) >= 11 is 6.10. The SMILES string of the molecule is CCc1ccccc1N(CC(=O)N(Cc1ccc(Cl)cc1)[C@@H](Cc1ccccc1)C(=O)N[C@H](C)CC)S(C)(=O)=O. The molecule has 0 aliphatic rings. The lowest BCUT2D eigenvalue weighted by molar-refractivity contribution is -0.140. The zero-order valence-corrected chi connectivity index (χ0v) is 25.1. The number of sulfonamides is 1. The van der Waals surface area contributed by atoms with Gasteiger partial charge in [-0.3, -0.25) is 13.9 Å². The van der Waals surface area contributed by atoms with Crippen LogP contribution in [0.25, 0.3) is 0 Å². The summed E-state index contributed by atoms with van der Waals surface area (Å²) in [5, 5.41) is 3.58. The minimum Gasteiger partial charge on any atom is -0.352 e. The highest BCUT2D eigenvalue weighted by Gasteiger charge is 2.33. The predicted molar refractivity (Wildman–Crippen MR) is 162 cm³/mol. The second-order valence-corrected chi connectivity index (χ2v) is 12.3. The summed E-state index contributed by atoms with van der Waals surface area (Å²) in [7, 11) is -3.82. The molecule has 0 saturated carbocycles. The zero-order chi connectivity index (χ0) is 29.3. The van der Waals surface area contributed by atoms with Gasteiger partial charge >= 0.3 is 0 Å². The largest absolute Gasteiger partial charge is 0.352 e. The fourth-order valence-corrected chi connectivity index (χ4v) is 5.44. The Morgan fingerprint density at radius 2 is 1.52 bits per heavy atom. The second-order valence-electron chi connectivity index (χ2n) is 9.92. The zero-order valence-electron chi connectivity index (χ0n) is 23.5. The summed E-state index contributed by atoms with van der Waals surface area (Å²) in [6, 6.07) is 22.7. The number of amides is 2. The standard InChI is InChI=1S/C31H38ClN3O4S/c1-5-23(3)33-31(37)29(20-24-12-8-7-9-13-24)34(21-25-16-18-27(32)19-17-25)30(36)22-35(40(4,38)39)28-15-11-10-14-26(28)6-2/h7-19,23,29H,5-6,20-22H2,1-4H3,(H,33,37)/t23-,29+/m1/s1. The number of hydrogen-bond donors (Lipinski definition) is 1. The number of benzene rings is 3. The van der Waals surface area contributed by atoms with Gasteiger partial charge in [0.25, 0.3) is 0 Å². The lowest BCUT2D eigenvalue weighted by Gasteiger charge is -2.34. The van der Waals surface area contributed by atoms with Crippen molar-refractivity contribution in [3.05, 3.63) is 101 Å². The van der Waals surface area contributed by atoms with Crippen LogP contribution in [0.5, 0.6) is 0 Å². The average Bonchev–Trinajstić information content (AvgIpc) is 2.94. The molecule has 214 valence electrons. The molecule has 1 N–H and O–H groups in total. The highest BCUT2D eigenvalue weighted by atomic mass is 35.5. The average molecular weight is 584 g/mol. The van der Waals surface area contributed by atoms with Gasteiger partial charge in [0.1, 0.15) is 12.6 Å². The molecular formula is C31H38ClN3O4S. The Bertz CT molecular complexity index is 1380. The molecule has 0 saturated heterocycles. The molecule has 0 aliphatic carbocycles.